The molecule has 0 aromatic heterocycles. The molecule has 0 bridgehead atoms. The zero-order valence-corrected chi connectivity index (χ0v) is 15.2. The Morgan fingerprint density at radius 1 is 1.08 bits per heavy atom. The molecule has 0 saturated heterocycles. The zero-order valence-electron chi connectivity index (χ0n) is 15.2. The molecular formula is C20H24FN3O2. The fraction of sp³-hybridized carbons (Fsp3) is 0.350. The monoisotopic (exact) mass is 357 g/mol. The highest BCUT2D eigenvalue weighted by atomic mass is 19.1. The minimum absolute atomic E-state index is 0.224. The number of nitrogens with zero attached hydrogens (tertiary/aromatic N) is 2. The van der Waals surface area contributed by atoms with Gasteiger partial charge in [0.1, 0.15) is 19.0 Å². The normalized spacial score (nSPS) is 13.4. The van der Waals surface area contributed by atoms with E-state index in [1.807, 2.05) is 24.1 Å². The van der Waals surface area contributed by atoms with Crippen LogP contribution in [0.1, 0.15) is 11.1 Å². The minimum atomic E-state index is -0.224. The first-order chi connectivity index (χ1) is 12.7. The first kappa shape index (κ1) is 18.0. The first-order valence-corrected chi connectivity index (χ1v) is 8.70. The Morgan fingerprint density at radius 2 is 1.77 bits per heavy atom. The Bertz CT molecular complexity index is 762. The molecule has 26 heavy (non-hydrogen) atoms. The lowest BCUT2D eigenvalue weighted by molar-refractivity contribution is 0.171. The Balaban J connectivity index is 1.51. The van der Waals surface area contributed by atoms with Crippen molar-refractivity contribution in [1.29, 1.82) is 0 Å². The van der Waals surface area contributed by atoms with Gasteiger partial charge in [-0.15, -0.1) is 0 Å². The van der Waals surface area contributed by atoms with Crippen LogP contribution in [0.15, 0.2) is 47.5 Å². The van der Waals surface area contributed by atoms with Crippen LogP contribution in [0.25, 0.3) is 0 Å². The second-order valence-corrected chi connectivity index (χ2v) is 6.18. The maximum Gasteiger partial charge on any atom is 0.193 e. The van der Waals surface area contributed by atoms with Crippen molar-refractivity contribution in [3.8, 4) is 11.5 Å². The molecule has 1 aliphatic heterocycles. The number of hydrogen-bond acceptors (Lipinski definition) is 3. The van der Waals surface area contributed by atoms with Gasteiger partial charge in [0.15, 0.2) is 17.5 Å². The van der Waals surface area contributed by atoms with Gasteiger partial charge in [-0.1, -0.05) is 18.2 Å². The average molecular weight is 357 g/mol. The van der Waals surface area contributed by atoms with E-state index in [0.29, 0.717) is 19.8 Å². The molecule has 1 aliphatic rings. The number of fused-ring (bicyclic) bond motifs is 1. The molecule has 2 aromatic carbocycles. The van der Waals surface area contributed by atoms with E-state index in [1.165, 1.54) is 17.7 Å². The van der Waals surface area contributed by atoms with E-state index in [1.54, 1.807) is 19.2 Å². The zero-order chi connectivity index (χ0) is 18.4. The minimum Gasteiger partial charge on any atom is -0.486 e. The number of rotatable bonds is 5. The van der Waals surface area contributed by atoms with E-state index in [2.05, 4.69) is 16.4 Å². The van der Waals surface area contributed by atoms with E-state index in [4.69, 9.17) is 9.47 Å². The van der Waals surface area contributed by atoms with Crippen molar-refractivity contribution in [3.63, 3.8) is 0 Å². The maximum absolute atomic E-state index is 13.0. The van der Waals surface area contributed by atoms with Crippen molar-refractivity contribution in [2.45, 2.75) is 13.0 Å². The highest BCUT2D eigenvalue weighted by Gasteiger charge is 2.12. The van der Waals surface area contributed by atoms with Crippen LogP contribution >= 0.6 is 0 Å². The smallest absolute Gasteiger partial charge is 0.193 e. The Morgan fingerprint density at radius 3 is 2.50 bits per heavy atom. The van der Waals surface area contributed by atoms with Crippen molar-refractivity contribution < 1.29 is 13.9 Å². The second kappa shape index (κ2) is 8.56. The third kappa shape index (κ3) is 4.65. The molecule has 0 unspecified atom stereocenters. The molecular weight excluding hydrogens is 333 g/mol. The number of guanidine groups is 1. The van der Waals surface area contributed by atoms with Crippen LogP contribution in [0.5, 0.6) is 11.5 Å². The molecule has 2 aromatic rings. The fourth-order valence-corrected chi connectivity index (χ4v) is 2.89. The van der Waals surface area contributed by atoms with Gasteiger partial charge in [0.05, 0.1) is 0 Å². The number of hydrogen-bond donors (Lipinski definition) is 1. The van der Waals surface area contributed by atoms with Gasteiger partial charge in [-0.2, -0.15) is 0 Å². The molecule has 1 N–H and O–H groups in total. The molecule has 3 rings (SSSR count). The van der Waals surface area contributed by atoms with Crippen LogP contribution in [0.4, 0.5) is 4.39 Å². The summed E-state index contributed by atoms with van der Waals surface area (Å²) in [5.41, 5.74) is 2.21. The summed E-state index contributed by atoms with van der Waals surface area (Å²) < 4.78 is 24.2. The number of nitrogens with one attached hydrogen (secondary N) is 1. The molecule has 0 spiro atoms. The van der Waals surface area contributed by atoms with Gasteiger partial charge in [-0.25, -0.2) is 4.39 Å². The van der Waals surface area contributed by atoms with Crippen LogP contribution in [0.3, 0.4) is 0 Å². The molecule has 5 nitrogen and oxygen atoms in total. The van der Waals surface area contributed by atoms with Gasteiger partial charge in [0.2, 0.25) is 0 Å². The van der Waals surface area contributed by atoms with Gasteiger partial charge in [-0.3, -0.25) is 4.99 Å². The van der Waals surface area contributed by atoms with E-state index < -0.39 is 0 Å². The topological polar surface area (TPSA) is 46.1 Å². The number of halogens is 1. The molecule has 6 heteroatoms. The highest BCUT2D eigenvalue weighted by molar-refractivity contribution is 5.79. The highest BCUT2D eigenvalue weighted by Crippen LogP contribution is 2.30. The molecule has 0 atom stereocenters. The number of aliphatic imine (C=N–C) groups is 1. The van der Waals surface area contributed by atoms with Crippen molar-refractivity contribution in [2.24, 2.45) is 4.99 Å². The third-order valence-corrected chi connectivity index (χ3v) is 4.21. The summed E-state index contributed by atoms with van der Waals surface area (Å²) in [6.45, 7) is 2.60. The molecule has 0 radical (unpaired) electrons. The quantitative estimate of drug-likeness (QED) is 0.660. The second-order valence-electron chi connectivity index (χ2n) is 6.18. The van der Waals surface area contributed by atoms with Crippen molar-refractivity contribution in [1.82, 2.24) is 10.2 Å². The third-order valence-electron chi connectivity index (χ3n) is 4.21. The van der Waals surface area contributed by atoms with E-state index in [-0.39, 0.29) is 5.82 Å². The molecule has 0 fully saturated rings. The van der Waals surface area contributed by atoms with Gasteiger partial charge < -0.3 is 19.7 Å². The average Bonchev–Trinajstić information content (AvgIpc) is 2.67. The fourth-order valence-electron chi connectivity index (χ4n) is 2.89. The van der Waals surface area contributed by atoms with Crippen molar-refractivity contribution >= 4 is 5.96 Å². The molecule has 138 valence electrons. The Kier molecular flexibility index (Phi) is 5.94. The summed E-state index contributed by atoms with van der Waals surface area (Å²) in [5, 5.41) is 3.36. The van der Waals surface area contributed by atoms with Crippen molar-refractivity contribution in [2.75, 3.05) is 33.9 Å². The van der Waals surface area contributed by atoms with Crippen LogP contribution in [-0.4, -0.2) is 44.7 Å². The van der Waals surface area contributed by atoms with Gasteiger partial charge in [-0.05, 0) is 41.8 Å². The number of benzene rings is 2. The molecule has 0 aliphatic carbocycles. The summed E-state index contributed by atoms with van der Waals surface area (Å²) >= 11 is 0. The summed E-state index contributed by atoms with van der Waals surface area (Å²) in [6, 6.07) is 12.6. The van der Waals surface area contributed by atoms with E-state index in [0.717, 1.165) is 36.0 Å². The summed E-state index contributed by atoms with van der Waals surface area (Å²) in [5.74, 6) is 2.19. The standard InChI is InChI=1S/C20H24FN3O2/c1-22-20(24(2)14-16-3-6-17(21)7-4-16)23-10-9-15-5-8-18-19(13-15)26-12-11-25-18/h3-8,13H,9-12,14H2,1-2H3,(H,22,23). The van der Waals surface area contributed by atoms with Crippen LogP contribution in [-0.2, 0) is 13.0 Å². The largest absolute Gasteiger partial charge is 0.486 e. The lowest BCUT2D eigenvalue weighted by Crippen LogP contribution is -2.39. The van der Waals surface area contributed by atoms with Crippen molar-refractivity contribution in [3.05, 3.63) is 59.4 Å². The van der Waals surface area contributed by atoms with Crippen LogP contribution in [0, 0.1) is 5.82 Å². The van der Waals surface area contributed by atoms with Crippen LogP contribution in [0.2, 0.25) is 0 Å². The summed E-state index contributed by atoms with van der Waals surface area (Å²) in [4.78, 5) is 6.33. The lowest BCUT2D eigenvalue weighted by atomic mass is 10.1. The van der Waals surface area contributed by atoms with E-state index >= 15 is 0 Å². The maximum atomic E-state index is 13.0. The predicted octanol–water partition coefficient (Wildman–Crippen LogP) is 2.85. The Labute approximate surface area is 153 Å². The van der Waals surface area contributed by atoms with E-state index in [9.17, 15) is 4.39 Å². The molecule has 0 amide bonds. The van der Waals surface area contributed by atoms with Crippen LogP contribution < -0.4 is 14.8 Å². The SMILES string of the molecule is CN=C(NCCc1ccc2c(c1)OCCO2)N(C)Cc1ccc(F)cc1. The van der Waals surface area contributed by atoms with Gasteiger partial charge >= 0.3 is 0 Å². The molecule has 1 heterocycles. The summed E-state index contributed by atoms with van der Waals surface area (Å²) in [6.07, 6.45) is 0.847. The first-order valence-electron chi connectivity index (χ1n) is 8.70. The summed E-state index contributed by atoms with van der Waals surface area (Å²) in [7, 11) is 3.72. The number of ether oxygens (including phenoxy) is 2. The predicted molar refractivity (Wildman–Crippen MR) is 100 cm³/mol. The Hall–Kier alpha value is -2.76. The van der Waals surface area contributed by atoms with Gasteiger partial charge in [0, 0.05) is 27.2 Å². The lowest BCUT2D eigenvalue weighted by Gasteiger charge is -2.22. The molecule has 0 saturated carbocycles. The van der Waals surface area contributed by atoms with Gasteiger partial charge in [0.25, 0.3) is 0 Å².